The van der Waals surface area contributed by atoms with Crippen molar-refractivity contribution in [1.29, 1.82) is 0 Å². The molecule has 1 aliphatic heterocycles. The number of carbonyl (C=O) groups is 1. The van der Waals surface area contributed by atoms with Crippen LogP contribution >= 0.6 is 0 Å². The van der Waals surface area contributed by atoms with Gasteiger partial charge in [0.15, 0.2) is 0 Å². The van der Waals surface area contributed by atoms with E-state index in [0.29, 0.717) is 6.42 Å². The first-order chi connectivity index (χ1) is 8.99. The molecular weight excluding hydrogens is 236 g/mol. The maximum atomic E-state index is 12.4. The quantitative estimate of drug-likeness (QED) is 0.906. The van der Waals surface area contributed by atoms with Crippen molar-refractivity contribution in [3.63, 3.8) is 0 Å². The Morgan fingerprint density at radius 3 is 2.42 bits per heavy atom. The van der Waals surface area contributed by atoms with Crippen molar-refractivity contribution in [3.05, 3.63) is 35.9 Å². The van der Waals surface area contributed by atoms with Crippen LogP contribution < -0.4 is 5.73 Å². The SMILES string of the molecule is CC(C)(CC(=O)N1CCC(N)CC1)c1ccccc1. The largest absolute Gasteiger partial charge is 0.343 e. The Labute approximate surface area is 115 Å². The van der Waals surface area contributed by atoms with Crippen molar-refractivity contribution in [2.75, 3.05) is 13.1 Å². The highest BCUT2D eigenvalue weighted by Crippen LogP contribution is 2.28. The van der Waals surface area contributed by atoms with Gasteiger partial charge < -0.3 is 10.6 Å². The number of rotatable bonds is 3. The summed E-state index contributed by atoms with van der Waals surface area (Å²) in [4.78, 5) is 14.3. The van der Waals surface area contributed by atoms with Crippen LogP contribution in [0.3, 0.4) is 0 Å². The van der Waals surface area contributed by atoms with E-state index in [-0.39, 0.29) is 17.4 Å². The number of carbonyl (C=O) groups excluding carboxylic acids is 1. The molecule has 1 aromatic rings. The lowest BCUT2D eigenvalue weighted by Gasteiger charge is -2.33. The van der Waals surface area contributed by atoms with Crippen LogP contribution in [0.2, 0.25) is 0 Å². The maximum Gasteiger partial charge on any atom is 0.223 e. The second-order valence-electron chi connectivity index (χ2n) is 6.14. The fourth-order valence-electron chi connectivity index (χ4n) is 2.63. The molecule has 0 radical (unpaired) electrons. The molecule has 2 rings (SSSR count). The Balaban J connectivity index is 1.98. The number of amides is 1. The molecule has 0 aliphatic carbocycles. The number of likely N-dealkylation sites (tertiary alicyclic amines) is 1. The zero-order valence-electron chi connectivity index (χ0n) is 11.9. The third-order valence-electron chi connectivity index (χ3n) is 4.04. The predicted octanol–water partition coefficient (Wildman–Crippen LogP) is 2.30. The number of piperidine rings is 1. The third kappa shape index (κ3) is 3.57. The Bertz CT molecular complexity index is 420. The highest BCUT2D eigenvalue weighted by atomic mass is 16.2. The van der Waals surface area contributed by atoms with E-state index >= 15 is 0 Å². The monoisotopic (exact) mass is 260 g/mol. The van der Waals surface area contributed by atoms with Gasteiger partial charge in [-0.2, -0.15) is 0 Å². The van der Waals surface area contributed by atoms with E-state index in [2.05, 4.69) is 26.0 Å². The zero-order valence-corrected chi connectivity index (χ0v) is 11.9. The van der Waals surface area contributed by atoms with Crippen LogP contribution in [-0.4, -0.2) is 29.9 Å². The molecular formula is C16H24N2O. The van der Waals surface area contributed by atoms with Gasteiger partial charge in [-0.1, -0.05) is 44.2 Å². The second kappa shape index (κ2) is 5.74. The molecule has 3 nitrogen and oxygen atoms in total. The van der Waals surface area contributed by atoms with Crippen LogP contribution in [0.1, 0.15) is 38.7 Å². The lowest BCUT2D eigenvalue weighted by molar-refractivity contribution is -0.133. The number of benzene rings is 1. The Kier molecular flexibility index (Phi) is 4.25. The van der Waals surface area contributed by atoms with E-state index in [0.717, 1.165) is 25.9 Å². The average molecular weight is 260 g/mol. The Hall–Kier alpha value is -1.35. The minimum Gasteiger partial charge on any atom is -0.343 e. The molecule has 2 N–H and O–H groups in total. The average Bonchev–Trinajstić information content (AvgIpc) is 2.40. The first kappa shape index (κ1) is 14.1. The van der Waals surface area contributed by atoms with Gasteiger partial charge in [0.1, 0.15) is 0 Å². The minimum absolute atomic E-state index is 0.113. The summed E-state index contributed by atoms with van der Waals surface area (Å²) in [7, 11) is 0. The van der Waals surface area contributed by atoms with Crippen LogP contribution in [0.25, 0.3) is 0 Å². The molecule has 19 heavy (non-hydrogen) atoms. The van der Waals surface area contributed by atoms with E-state index in [4.69, 9.17) is 5.73 Å². The Morgan fingerprint density at radius 2 is 1.84 bits per heavy atom. The second-order valence-corrected chi connectivity index (χ2v) is 6.14. The first-order valence-electron chi connectivity index (χ1n) is 7.08. The summed E-state index contributed by atoms with van der Waals surface area (Å²) in [5.41, 5.74) is 6.98. The van der Waals surface area contributed by atoms with Crippen molar-refractivity contribution in [2.24, 2.45) is 5.73 Å². The molecule has 1 saturated heterocycles. The number of hydrogen-bond donors (Lipinski definition) is 1. The lowest BCUT2D eigenvalue weighted by atomic mass is 9.81. The lowest BCUT2D eigenvalue weighted by Crippen LogP contribution is -2.44. The predicted molar refractivity (Wildman–Crippen MR) is 77.9 cm³/mol. The smallest absolute Gasteiger partial charge is 0.223 e. The third-order valence-corrected chi connectivity index (χ3v) is 4.04. The number of nitrogens with zero attached hydrogens (tertiary/aromatic N) is 1. The summed E-state index contributed by atoms with van der Waals surface area (Å²) in [6.07, 6.45) is 2.42. The van der Waals surface area contributed by atoms with Crippen LogP contribution in [0.15, 0.2) is 30.3 Å². The van der Waals surface area contributed by atoms with Gasteiger partial charge in [0.05, 0.1) is 0 Å². The van der Waals surface area contributed by atoms with Gasteiger partial charge in [0.25, 0.3) is 0 Å². The summed E-state index contributed by atoms with van der Waals surface area (Å²) in [5.74, 6) is 0.251. The molecule has 0 spiro atoms. The van der Waals surface area contributed by atoms with E-state index in [1.165, 1.54) is 5.56 Å². The van der Waals surface area contributed by atoms with Crippen molar-refractivity contribution in [1.82, 2.24) is 4.90 Å². The number of nitrogens with two attached hydrogens (primary N) is 1. The molecule has 1 heterocycles. The highest BCUT2D eigenvalue weighted by Gasteiger charge is 2.28. The van der Waals surface area contributed by atoms with Crippen molar-refractivity contribution >= 4 is 5.91 Å². The van der Waals surface area contributed by atoms with Crippen LogP contribution in [0, 0.1) is 0 Å². The van der Waals surface area contributed by atoms with E-state index in [1.807, 2.05) is 23.1 Å². The van der Waals surface area contributed by atoms with Gasteiger partial charge in [-0.05, 0) is 23.8 Å². The van der Waals surface area contributed by atoms with Crippen LogP contribution in [0.4, 0.5) is 0 Å². The molecule has 0 atom stereocenters. The molecule has 0 aromatic heterocycles. The van der Waals surface area contributed by atoms with E-state index < -0.39 is 0 Å². The van der Waals surface area contributed by atoms with Crippen LogP contribution in [-0.2, 0) is 10.2 Å². The maximum absolute atomic E-state index is 12.4. The van der Waals surface area contributed by atoms with Crippen molar-refractivity contribution in [2.45, 2.75) is 44.6 Å². The molecule has 1 aliphatic rings. The zero-order chi connectivity index (χ0) is 13.9. The van der Waals surface area contributed by atoms with Gasteiger partial charge in [0, 0.05) is 25.6 Å². The molecule has 1 aromatic carbocycles. The summed E-state index contributed by atoms with van der Waals surface area (Å²) in [5, 5.41) is 0. The minimum atomic E-state index is -0.113. The highest BCUT2D eigenvalue weighted by molar-refractivity contribution is 5.77. The van der Waals surface area contributed by atoms with Gasteiger partial charge >= 0.3 is 0 Å². The molecule has 104 valence electrons. The van der Waals surface area contributed by atoms with Crippen molar-refractivity contribution < 1.29 is 4.79 Å². The molecule has 3 heteroatoms. The molecule has 1 fully saturated rings. The Morgan fingerprint density at radius 1 is 1.26 bits per heavy atom. The molecule has 0 unspecified atom stereocenters. The topological polar surface area (TPSA) is 46.3 Å². The first-order valence-corrected chi connectivity index (χ1v) is 7.08. The summed E-state index contributed by atoms with van der Waals surface area (Å²) in [6, 6.07) is 10.5. The summed E-state index contributed by atoms with van der Waals surface area (Å²) in [6.45, 7) is 5.89. The normalized spacial score (nSPS) is 17.5. The van der Waals surface area contributed by atoms with E-state index in [1.54, 1.807) is 0 Å². The standard InChI is InChI=1S/C16H24N2O/c1-16(2,13-6-4-3-5-7-13)12-15(19)18-10-8-14(17)9-11-18/h3-7,14H,8-12,17H2,1-2H3. The van der Waals surface area contributed by atoms with Gasteiger partial charge in [-0.3, -0.25) is 4.79 Å². The fraction of sp³-hybridized carbons (Fsp3) is 0.562. The van der Waals surface area contributed by atoms with Crippen LogP contribution in [0.5, 0.6) is 0 Å². The number of hydrogen-bond acceptors (Lipinski definition) is 2. The summed E-state index contributed by atoms with van der Waals surface area (Å²) < 4.78 is 0. The van der Waals surface area contributed by atoms with Gasteiger partial charge in [-0.25, -0.2) is 0 Å². The van der Waals surface area contributed by atoms with Gasteiger partial charge in [-0.15, -0.1) is 0 Å². The molecule has 0 saturated carbocycles. The fourth-order valence-corrected chi connectivity index (χ4v) is 2.63. The van der Waals surface area contributed by atoms with Gasteiger partial charge in [0.2, 0.25) is 5.91 Å². The van der Waals surface area contributed by atoms with E-state index in [9.17, 15) is 4.79 Å². The molecule has 0 bridgehead atoms. The van der Waals surface area contributed by atoms with Crippen molar-refractivity contribution in [3.8, 4) is 0 Å². The summed E-state index contributed by atoms with van der Waals surface area (Å²) >= 11 is 0. The molecule has 1 amide bonds.